The highest BCUT2D eigenvalue weighted by Gasteiger charge is 2.07. The van der Waals surface area contributed by atoms with Gasteiger partial charge in [0.1, 0.15) is 0 Å². The van der Waals surface area contributed by atoms with Crippen molar-refractivity contribution >= 4 is 5.91 Å². The van der Waals surface area contributed by atoms with Gasteiger partial charge in [0.2, 0.25) is 0 Å². The van der Waals surface area contributed by atoms with Crippen LogP contribution in [0, 0.1) is 11.3 Å². The van der Waals surface area contributed by atoms with Gasteiger partial charge in [-0.1, -0.05) is 0 Å². The highest BCUT2D eigenvalue weighted by Crippen LogP contribution is 2.03. The molecule has 0 heterocycles. The van der Waals surface area contributed by atoms with E-state index in [4.69, 9.17) is 11.0 Å². The van der Waals surface area contributed by atoms with Crippen LogP contribution in [0.25, 0.3) is 0 Å². The van der Waals surface area contributed by atoms with Crippen molar-refractivity contribution in [1.82, 2.24) is 5.32 Å². The highest BCUT2D eigenvalue weighted by molar-refractivity contribution is 5.94. The van der Waals surface area contributed by atoms with Crippen LogP contribution in [0.1, 0.15) is 22.8 Å². The summed E-state index contributed by atoms with van der Waals surface area (Å²) in [7, 11) is 0. The molecule has 1 amide bonds. The molecule has 4 nitrogen and oxygen atoms in total. The summed E-state index contributed by atoms with van der Waals surface area (Å²) in [5, 5.41) is 11.3. The van der Waals surface area contributed by atoms with Crippen LogP contribution >= 0.6 is 0 Å². The third-order valence-corrected chi connectivity index (χ3v) is 2.01. The molecule has 3 N–H and O–H groups in total. The lowest BCUT2D eigenvalue weighted by Crippen LogP contribution is -2.37. The smallest absolute Gasteiger partial charge is 0.251 e. The molecule has 0 saturated heterocycles. The third kappa shape index (κ3) is 3.08. The van der Waals surface area contributed by atoms with E-state index in [1.54, 1.807) is 24.3 Å². The van der Waals surface area contributed by atoms with E-state index in [0.717, 1.165) is 0 Å². The molecule has 0 bridgehead atoms. The number of amides is 1. The van der Waals surface area contributed by atoms with E-state index in [-0.39, 0.29) is 11.9 Å². The summed E-state index contributed by atoms with van der Waals surface area (Å²) in [5.41, 5.74) is 6.46. The zero-order valence-electron chi connectivity index (χ0n) is 8.53. The van der Waals surface area contributed by atoms with Gasteiger partial charge in [0.15, 0.2) is 0 Å². The maximum absolute atomic E-state index is 11.6. The largest absolute Gasteiger partial charge is 0.348 e. The molecule has 1 atom stereocenters. The average molecular weight is 203 g/mol. The van der Waals surface area contributed by atoms with E-state index in [1.807, 2.05) is 13.0 Å². The lowest BCUT2D eigenvalue weighted by Gasteiger charge is -2.10. The Morgan fingerprint density at radius 2 is 2.13 bits per heavy atom. The Kier molecular flexibility index (Phi) is 3.83. The van der Waals surface area contributed by atoms with Crippen molar-refractivity contribution < 1.29 is 4.79 Å². The number of nitrogens with zero attached hydrogens (tertiary/aromatic N) is 1. The quantitative estimate of drug-likeness (QED) is 0.756. The summed E-state index contributed by atoms with van der Waals surface area (Å²) in [6.45, 7) is 2.24. The van der Waals surface area contributed by atoms with Gasteiger partial charge in [-0.15, -0.1) is 0 Å². The average Bonchev–Trinajstić information content (AvgIpc) is 2.29. The SMILES string of the molecule is C[C@@H](CN)NC(=O)c1ccc(C#N)cc1. The molecule has 0 aliphatic heterocycles. The molecule has 1 aromatic carbocycles. The number of nitrogens with one attached hydrogen (secondary N) is 1. The molecule has 4 heteroatoms. The van der Waals surface area contributed by atoms with Crippen molar-refractivity contribution in [3.63, 3.8) is 0 Å². The first-order chi connectivity index (χ1) is 7.17. The molecule has 78 valence electrons. The van der Waals surface area contributed by atoms with E-state index in [1.165, 1.54) is 0 Å². The van der Waals surface area contributed by atoms with Crippen LogP contribution in [0.2, 0.25) is 0 Å². The van der Waals surface area contributed by atoms with E-state index in [9.17, 15) is 4.79 Å². The molecule has 0 fully saturated rings. The van der Waals surface area contributed by atoms with Gasteiger partial charge in [-0.25, -0.2) is 0 Å². The minimum absolute atomic E-state index is 0.0480. The predicted molar refractivity (Wildman–Crippen MR) is 57.1 cm³/mol. The molecular weight excluding hydrogens is 190 g/mol. The van der Waals surface area contributed by atoms with E-state index < -0.39 is 0 Å². The number of nitrogens with two attached hydrogens (primary N) is 1. The van der Waals surface area contributed by atoms with E-state index >= 15 is 0 Å². The number of nitriles is 1. The molecule has 0 spiro atoms. The summed E-state index contributed by atoms with van der Waals surface area (Å²) in [6, 6.07) is 8.42. The number of carbonyl (C=O) groups excluding carboxylic acids is 1. The summed E-state index contributed by atoms with van der Waals surface area (Å²) in [4.78, 5) is 11.6. The first-order valence-corrected chi connectivity index (χ1v) is 4.68. The van der Waals surface area contributed by atoms with Gasteiger partial charge >= 0.3 is 0 Å². The fourth-order valence-corrected chi connectivity index (χ4v) is 1.06. The summed E-state index contributed by atoms with van der Waals surface area (Å²) in [5.74, 6) is -0.169. The zero-order chi connectivity index (χ0) is 11.3. The number of hydrogen-bond acceptors (Lipinski definition) is 3. The second-order valence-corrected chi connectivity index (χ2v) is 3.30. The van der Waals surface area contributed by atoms with Gasteiger partial charge in [0.05, 0.1) is 11.6 Å². The fourth-order valence-electron chi connectivity index (χ4n) is 1.06. The van der Waals surface area contributed by atoms with Crippen LogP contribution < -0.4 is 11.1 Å². The minimum atomic E-state index is -0.169. The molecule has 0 aromatic heterocycles. The van der Waals surface area contributed by atoms with Gasteiger partial charge in [-0.3, -0.25) is 4.79 Å². The third-order valence-electron chi connectivity index (χ3n) is 2.01. The second kappa shape index (κ2) is 5.13. The van der Waals surface area contributed by atoms with Crippen molar-refractivity contribution in [2.75, 3.05) is 6.54 Å². The van der Waals surface area contributed by atoms with Crippen molar-refractivity contribution in [3.8, 4) is 6.07 Å². The van der Waals surface area contributed by atoms with Crippen LogP contribution in [0.15, 0.2) is 24.3 Å². The number of rotatable bonds is 3. The summed E-state index contributed by atoms with van der Waals surface area (Å²) < 4.78 is 0. The zero-order valence-corrected chi connectivity index (χ0v) is 8.53. The molecule has 0 unspecified atom stereocenters. The Morgan fingerprint density at radius 3 is 2.60 bits per heavy atom. The van der Waals surface area contributed by atoms with Crippen LogP contribution in [0.4, 0.5) is 0 Å². The van der Waals surface area contributed by atoms with Crippen molar-refractivity contribution in [3.05, 3.63) is 35.4 Å². The number of hydrogen-bond donors (Lipinski definition) is 2. The maximum Gasteiger partial charge on any atom is 0.251 e. The lowest BCUT2D eigenvalue weighted by molar-refractivity contribution is 0.0941. The predicted octanol–water partition coefficient (Wildman–Crippen LogP) is 0.635. The Labute approximate surface area is 88.7 Å². The lowest BCUT2D eigenvalue weighted by atomic mass is 10.1. The fraction of sp³-hybridized carbons (Fsp3) is 0.273. The first-order valence-electron chi connectivity index (χ1n) is 4.68. The van der Waals surface area contributed by atoms with Gasteiger partial charge < -0.3 is 11.1 Å². The summed E-state index contributed by atoms with van der Waals surface area (Å²) in [6.07, 6.45) is 0. The molecule has 15 heavy (non-hydrogen) atoms. The first kappa shape index (κ1) is 11.2. The van der Waals surface area contributed by atoms with Crippen LogP contribution in [0.3, 0.4) is 0 Å². The van der Waals surface area contributed by atoms with Gasteiger partial charge in [0.25, 0.3) is 5.91 Å². The van der Waals surface area contributed by atoms with Gasteiger partial charge in [-0.2, -0.15) is 5.26 Å². The van der Waals surface area contributed by atoms with Crippen molar-refractivity contribution in [2.45, 2.75) is 13.0 Å². The highest BCUT2D eigenvalue weighted by atomic mass is 16.1. The van der Waals surface area contributed by atoms with E-state index in [2.05, 4.69) is 5.32 Å². The standard InChI is InChI=1S/C11H13N3O/c1-8(6-12)14-11(15)10-4-2-9(7-13)3-5-10/h2-5,8H,6,12H2,1H3,(H,14,15)/t8-/m0/s1. The van der Waals surface area contributed by atoms with Crippen LogP contribution in [-0.4, -0.2) is 18.5 Å². The Morgan fingerprint density at radius 1 is 1.53 bits per heavy atom. The Hall–Kier alpha value is -1.86. The molecule has 0 radical (unpaired) electrons. The van der Waals surface area contributed by atoms with E-state index in [0.29, 0.717) is 17.7 Å². The van der Waals surface area contributed by atoms with Gasteiger partial charge in [0, 0.05) is 18.2 Å². The van der Waals surface area contributed by atoms with Gasteiger partial charge in [-0.05, 0) is 31.2 Å². The monoisotopic (exact) mass is 203 g/mol. The Balaban J connectivity index is 2.71. The van der Waals surface area contributed by atoms with Crippen LogP contribution in [0.5, 0.6) is 0 Å². The second-order valence-electron chi connectivity index (χ2n) is 3.30. The normalized spacial score (nSPS) is 11.5. The molecule has 1 aromatic rings. The van der Waals surface area contributed by atoms with Crippen LogP contribution in [-0.2, 0) is 0 Å². The Bertz CT molecular complexity index is 378. The van der Waals surface area contributed by atoms with Crippen molar-refractivity contribution in [1.29, 1.82) is 5.26 Å². The maximum atomic E-state index is 11.6. The number of carbonyl (C=O) groups is 1. The minimum Gasteiger partial charge on any atom is -0.348 e. The topological polar surface area (TPSA) is 78.9 Å². The molecule has 0 aliphatic carbocycles. The summed E-state index contributed by atoms with van der Waals surface area (Å²) >= 11 is 0. The molecule has 0 saturated carbocycles. The molecular formula is C11H13N3O. The number of benzene rings is 1. The molecule has 0 aliphatic rings. The molecule has 1 rings (SSSR count). The van der Waals surface area contributed by atoms with Crippen molar-refractivity contribution in [2.24, 2.45) is 5.73 Å².